The minimum absolute atomic E-state index is 0.474. The molecule has 0 aromatic carbocycles. The highest BCUT2D eigenvalue weighted by Crippen LogP contribution is 2.23. The van der Waals surface area contributed by atoms with Crippen LogP contribution < -0.4 is 0 Å². The van der Waals surface area contributed by atoms with Crippen LogP contribution >= 0.6 is 0 Å². The van der Waals surface area contributed by atoms with Gasteiger partial charge in [0, 0.05) is 6.08 Å². The van der Waals surface area contributed by atoms with E-state index in [4.69, 9.17) is 18.6 Å². The van der Waals surface area contributed by atoms with Crippen molar-refractivity contribution in [1.29, 1.82) is 0 Å². The third kappa shape index (κ3) is 1.62. The molecule has 1 rings (SSSR count). The maximum atomic E-state index is 5.24. The monoisotopic (exact) mass is 171 g/mol. The molecule has 68 valence electrons. The maximum Gasteiger partial charge on any atom is 0.651 e. The topological polar surface area (TPSA) is 36.9 Å². The minimum Gasteiger partial charge on any atom is -0.638 e. The van der Waals surface area contributed by atoms with E-state index in [0.717, 1.165) is 0 Å². The Hall–Kier alpha value is -0.935. The average molecular weight is 171 g/mol. The van der Waals surface area contributed by atoms with Gasteiger partial charge < -0.3 is 18.6 Å². The summed E-state index contributed by atoms with van der Waals surface area (Å²) in [6.07, 6.45) is 1.66. The number of hydrogen-bond acceptors (Lipinski definition) is 4. The van der Waals surface area contributed by atoms with E-state index in [0.29, 0.717) is 11.5 Å². The van der Waals surface area contributed by atoms with E-state index in [2.05, 4.69) is 6.58 Å². The van der Waals surface area contributed by atoms with Crippen LogP contribution in [-0.4, -0.2) is 21.2 Å². The Bertz CT molecular complexity index is 219. The quantitative estimate of drug-likeness (QED) is 0.584. The van der Waals surface area contributed by atoms with E-state index in [1.807, 2.05) is 0 Å². The SMILES string of the molecule is C=C1C=C(C)O[B-](OC)(OC)O1. The second kappa shape index (κ2) is 3.20. The molecule has 0 aliphatic carbocycles. The summed E-state index contributed by atoms with van der Waals surface area (Å²) in [5.74, 6) is 1.14. The molecule has 1 aliphatic heterocycles. The van der Waals surface area contributed by atoms with E-state index in [-0.39, 0.29) is 0 Å². The van der Waals surface area contributed by atoms with Crippen LogP contribution in [0.25, 0.3) is 0 Å². The van der Waals surface area contributed by atoms with E-state index < -0.39 is 6.96 Å². The molecule has 0 spiro atoms. The van der Waals surface area contributed by atoms with Crippen molar-refractivity contribution in [3.8, 4) is 0 Å². The van der Waals surface area contributed by atoms with E-state index in [1.54, 1.807) is 13.0 Å². The Kier molecular flexibility index (Phi) is 2.44. The van der Waals surface area contributed by atoms with Gasteiger partial charge >= 0.3 is 6.96 Å². The lowest BCUT2D eigenvalue weighted by molar-refractivity contribution is 0.0264. The molecule has 1 aliphatic rings. The molecule has 4 nitrogen and oxygen atoms in total. The summed E-state index contributed by atoms with van der Waals surface area (Å²) >= 11 is 0. The zero-order valence-corrected chi connectivity index (χ0v) is 7.49. The molecule has 0 unspecified atom stereocenters. The minimum atomic E-state index is -2.12. The van der Waals surface area contributed by atoms with Crippen molar-refractivity contribution in [3.63, 3.8) is 0 Å². The first-order chi connectivity index (χ1) is 5.62. The molecule has 0 saturated carbocycles. The van der Waals surface area contributed by atoms with Gasteiger partial charge in [-0.25, -0.2) is 0 Å². The van der Waals surface area contributed by atoms with Crippen LogP contribution in [0.15, 0.2) is 24.2 Å². The van der Waals surface area contributed by atoms with Crippen LogP contribution in [0.5, 0.6) is 0 Å². The largest absolute Gasteiger partial charge is 0.651 e. The summed E-state index contributed by atoms with van der Waals surface area (Å²) in [6, 6.07) is 0. The van der Waals surface area contributed by atoms with Gasteiger partial charge in [-0.3, -0.25) is 0 Å². The van der Waals surface area contributed by atoms with Crippen LogP contribution in [-0.2, 0) is 18.6 Å². The first-order valence-corrected chi connectivity index (χ1v) is 3.60. The lowest BCUT2D eigenvalue weighted by Gasteiger charge is -2.42. The summed E-state index contributed by atoms with van der Waals surface area (Å²) in [7, 11) is 2.91. The fourth-order valence-electron chi connectivity index (χ4n) is 1.02. The van der Waals surface area contributed by atoms with Crippen molar-refractivity contribution in [2.45, 2.75) is 6.92 Å². The van der Waals surface area contributed by atoms with Crippen molar-refractivity contribution in [3.05, 3.63) is 24.2 Å². The summed E-state index contributed by atoms with van der Waals surface area (Å²) in [5.41, 5.74) is 0. The standard InChI is InChI=1S/C7H12BO4/c1-6-5-7(2)12-8(9-3,10-4)11-6/h5H,1H2,2-4H3/q-1. The summed E-state index contributed by atoms with van der Waals surface area (Å²) in [4.78, 5) is 0. The number of rotatable bonds is 2. The second-order valence-corrected chi connectivity index (χ2v) is 2.51. The molecule has 0 aromatic heterocycles. The Labute approximate surface area is 71.8 Å². The van der Waals surface area contributed by atoms with Gasteiger partial charge in [-0.05, 0) is 21.1 Å². The van der Waals surface area contributed by atoms with E-state index in [9.17, 15) is 0 Å². The first kappa shape index (κ1) is 9.16. The molecular formula is C7H12BO4-. The molecule has 0 radical (unpaired) electrons. The van der Waals surface area contributed by atoms with Crippen LogP contribution in [0.3, 0.4) is 0 Å². The van der Waals surface area contributed by atoms with Crippen molar-refractivity contribution in [2.24, 2.45) is 0 Å². The molecule has 0 atom stereocenters. The molecule has 0 aromatic rings. The Morgan fingerprint density at radius 2 is 1.92 bits per heavy atom. The van der Waals surface area contributed by atoms with Crippen LogP contribution in [0.2, 0.25) is 0 Å². The highest BCUT2D eigenvalue weighted by Gasteiger charge is 2.36. The number of hydrogen-bond donors (Lipinski definition) is 0. The third-order valence-electron chi connectivity index (χ3n) is 1.57. The van der Waals surface area contributed by atoms with Crippen molar-refractivity contribution < 1.29 is 18.6 Å². The first-order valence-electron chi connectivity index (χ1n) is 3.60. The highest BCUT2D eigenvalue weighted by molar-refractivity contribution is 6.54. The third-order valence-corrected chi connectivity index (χ3v) is 1.57. The highest BCUT2D eigenvalue weighted by atomic mass is 16.9. The van der Waals surface area contributed by atoms with Crippen LogP contribution in [0, 0.1) is 0 Å². The van der Waals surface area contributed by atoms with Crippen LogP contribution in [0.1, 0.15) is 6.92 Å². The van der Waals surface area contributed by atoms with Gasteiger partial charge in [0.15, 0.2) is 0 Å². The molecule has 0 fully saturated rings. The Morgan fingerprint density at radius 1 is 1.33 bits per heavy atom. The fraction of sp³-hybridized carbons (Fsp3) is 0.429. The van der Waals surface area contributed by atoms with Crippen molar-refractivity contribution in [1.82, 2.24) is 0 Å². The van der Waals surface area contributed by atoms with Gasteiger partial charge in [0.25, 0.3) is 0 Å². The normalized spacial score (nSPS) is 20.9. The average Bonchev–Trinajstić information content (AvgIpc) is 2.02. The molecular weight excluding hydrogens is 159 g/mol. The second-order valence-electron chi connectivity index (χ2n) is 2.51. The Morgan fingerprint density at radius 3 is 2.33 bits per heavy atom. The van der Waals surface area contributed by atoms with E-state index in [1.165, 1.54) is 14.2 Å². The van der Waals surface area contributed by atoms with Gasteiger partial charge in [0.2, 0.25) is 0 Å². The van der Waals surface area contributed by atoms with Crippen LogP contribution in [0.4, 0.5) is 0 Å². The zero-order chi connectivity index (χ0) is 9.19. The van der Waals surface area contributed by atoms with Gasteiger partial charge in [-0.15, -0.1) is 0 Å². The summed E-state index contributed by atoms with van der Waals surface area (Å²) in [6.45, 7) is 3.29. The van der Waals surface area contributed by atoms with Gasteiger partial charge in [0.05, 0.1) is 11.5 Å². The molecule has 1 heterocycles. The molecule has 0 saturated heterocycles. The lowest BCUT2D eigenvalue weighted by Crippen LogP contribution is -2.48. The lowest BCUT2D eigenvalue weighted by atomic mass is 10.0. The van der Waals surface area contributed by atoms with Gasteiger partial charge in [0.1, 0.15) is 0 Å². The molecule has 0 bridgehead atoms. The van der Waals surface area contributed by atoms with E-state index >= 15 is 0 Å². The fourth-order valence-corrected chi connectivity index (χ4v) is 1.02. The van der Waals surface area contributed by atoms with Gasteiger partial charge in [-0.1, -0.05) is 6.58 Å². The predicted octanol–water partition coefficient (Wildman–Crippen LogP) is 1.18. The predicted molar refractivity (Wildman–Crippen MR) is 44.8 cm³/mol. The molecule has 0 amide bonds. The molecule has 0 N–H and O–H groups in total. The maximum absolute atomic E-state index is 5.24. The zero-order valence-electron chi connectivity index (χ0n) is 7.49. The smallest absolute Gasteiger partial charge is 0.638 e. The summed E-state index contributed by atoms with van der Waals surface area (Å²) < 4.78 is 20.3. The van der Waals surface area contributed by atoms with Crippen molar-refractivity contribution >= 4 is 6.96 Å². The number of allylic oxidation sites excluding steroid dienone is 2. The van der Waals surface area contributed by atoms with Gasteiger partial charge in [-0.2, -0.15) is 0 Å². The molecule has 5 heteroatoms. The summed E-state index contributed by atoms with van der Waals surface area (Å²) in [5, 5.41) is 0. The Balaban J connectivity index is 2.83. The van der Waals surface area contributed by atoms with Crippen molar-refractivity contribution in [2.75, 3.05) is 14.2 Å². The molecule has 12 heavy (non-hydrogen) atoms.